The van der Waals surface area contributed by atoms with Gasteiger partial charge >= 0.3 is 0 Å². The minimum atomic E-state index is -0.960. The van der Waals surface area contributed by atoms with Gasteiger partial charge in [-0.1, -0.05) is 18.2 Å². The van der Waals surface area contributed by atoms with Crippen LogP contribution >= 0.6 is 0 Å². The highest BCUT2D eigenvalue weighted by molar-refractivity contribution is 5.93. The molecule has 1 unspecified atom stereocenters. The van der Waals surface area contributed by atoms with Gasteiger partial charge in [0.05, 0.1) is 4.92 Å². The summed E-state index contributed by atoms with van der Waals surface area (Å²) < 4.78 is 5.36. The molecule has 0 radical (unpaired) electrons. The summed E-state index contributed by atoms with van der Waals surface area (Å²) in [4.78, 5) is 45.6. The Morgan fingerprint density at radius 2 is 1.59 bits per heavy atom. The Balaban J connectivity index is 1.69. The van der Waals surface area contributed by atoms with Crippen molar-refractivity contribution in [2.75, 3.05) is 5.32 Å². The number of ether oxygens (including phenoxy) is 1. The Morgan fingerprint density at radius 1 is 0.966 bits per heavy atom. The monoisotopic (exact) mass is 400 g/mol. The molecular formula is C19H20N4O6. The number of amides is 3. The van der Waals surface area contributed by atoms with Gasteiger partial charge in [-0.15, -0.1) is 0 Å². The lowest BCUT2D eigenvalue weighted by Gasteiger charge is -2.15. The average Bonchev–Trinajstić information content (AvgIpc) is 2.71. The number of para-hydroxylation sites is 1. The second kappa shape index (κ2) is 10.4. The van der Waals surface area contributed by atoms with Gasteiger partial charge in [-0.25, -0.2) is 0 Å². The molecule has 29 heavy (non-hydrogen) atoms. The average molecular weight is 400 g/mol. The van der Waals surface area contributed by atoms with E-state index in [2.05, 4.69) is 16.2 Å². The molecule has 0 heterocycles. The van der Waals surface area contributed by atoms with Crippen LogP contribution in [0.25, 0.3) is 0 Å². The Morgan fingerprint density at radius 3 is 2.21 bits per heavy atom. The number of carbonyl (C=O) groups is 3. The van der Waals surface area contributed by atoms with Gasteiger partial charge in [0, 0.05) is 30.7 Å². The summed E-state index contributed by atoms with van der Waals surface area (Å²) in [6.07, 6.45) is -1.12. The van der Waals surface area contributed by atoms with Crippen molar-refractivity contribution in [1.29, 1.82) is 0 Å². The molecule has 0 aliphatic rings. The predicted octanol–water partition coefficient (Wildman–Crippen LogP) is 1.93. The minimum Gasteiger partial charge on any atom is -0.481 e. The van der Waals surface area contributed by atoms with Gasteiger partial charge in [0.15, 0.2) is 6.10 Å². The Labute approximate surface area is 166 Å². The molecule has 2 rings (SSSR count). The highest BCUT2D eigenvalue weighted by Crippen LogP contribution is 2.18. The van der Waals surface area contributed by atoms with Crippen LogP contribution in [0, 0.1) is 10.1 Å². The van der Waals surface area contributed by atoms with Gasteiger partial charge in [-0.3, -0.25) is 35.3 Å². The summed E-state index contributed by atoms with van der Waals surface area (Å²) in [5.41, 5.74) is 4.94. The molecular weight excluding hydrogens is 380 g/mol. The zero-order valence-electron chi connectivity index (χ0n) is 15.6. The number of hydrogen-bond donors (Lipinski definition) is 3. The van der Waals surface area contributed by atoms with E-state index in [4.69, 9.17) is 4.74 Å². The van der Waals surface area contributed by atoms with Crippen LogP contribution in [0.1, 0.15) is 19.8 Å². The molecule has 0 aliphatic heterocycles. The summed E-state index contributed by atoms with van der Waals surface area (Å²) in [6.45, 7) is 1.45. The van der Waals surface area contributed by atoms with Crippen molar-refractivity contribution in [3.8, 4) is 5.75 Å². The highest BCUT2D eigenvalue weighted by Gasteiger charge is 2.16. The van der Waals surface area contributed by atoms with Gasteiger partial charge in [0.25, 0.3) is 11.6 Å². The molecule has 2 aromatic rings. The van der Waals surface area contributed by atoms with Crippen LogP contribution in [0.15, 0.2) is 54.6 Å². The number of hydrogen-bond acceptors (Lipinski definition) is 6. The number of anilines is 1. The molecule has 0 fully saturated rings. The number of nitrogens with one attached hydrogen (secondary N) is 3. The minimum absolute atomic E-state index is 0.0502. The van der Waals surface area contributed by atoms with Crippen molar-refractivity contribution in [2.24, 2.45) is 0 Å². The first kappa shape index (κ1) is 21.4. The molecule has 0 saturated carbocycles. The van der Waals surface area contributed by atoms with Crippen LogP contribution in [0.4, 0.5) is 11.4 Å². The lowest BCUT2D eigenvalue weighted by atomic mass is 10.2. The molecule has 3 N–H and O–H groups in total. The van der Waals surface area contributed by atoms with E-state index in [0.29, 0.717) is 5.69 Å². The third kappa shape index (κ3) is 7.29. The number of nitrogens with zero attached hydrogens (tertiary/aromatic N) is 1. The second-order valence-electron chi connectivity index (χ2n) is 5.96. The fourth-order valence-electron chi connectivity index (χ4n) is 2.17. The molecule has 10 heteroatoms. The number of hydrazine groups is 1. The first-order chi connectivity index (χ1) is 13.8. The second-order valence-corrected chi connectivity index (χ2v) is 5.96. The Bertz CT molecular complexity index is 870. The standard InChI is InChI=1S/C19H20N4O6/c1-13(29-16-9-7-15(8-10-16)23(27)28)19(26)22-21-18(25)12-11-17(24)20-14-5-3-2-4-6-14/h2-10,13H,11-12H2,1H3,(H,20,24)(H,21,25)(H,22,26). The number of rotatable bonds is 8. The van der Waals surface area contributed by atoms with Gasteiger partial charge < -0.3 is 10.1 Å². The van der Waals surface area contributed by atoms with E-state index < -0.39 is 22.8 Å². The highest BCUT2D eigenvalue weighted by atomic mass is 16.6. The van der Waals surface area contributed by atoms with Crippen molar-refractivity contribution >= 4 is 29.1 Å². The molecule has 152 valence electrons. The van der Waals surface area contributed by atoms with E-state index in [0.717, 1.165) is 0 Å². The van der Waals surface area contributed by atoms with E-state index in [1.165, 1.54) is 31.2 Å². The van der Waals surface area contributed by atoms with E-state index in [-0.39, 0.29) is 30.2 Å². The maximum absolute atomic E-state index is 12.0. The van der Waals surface area contributed by atoms with Crippen molar-refractivity contribution < 1.29 is 24.0 Å². The van der Waals surface area contributed by atoms with E-state index in [9.17, 15) is 24.5 Å². The largest absolute Gasteiger partial charge is 0.481 e. The quantitative estimate of drug-likeness (QED) is 0.457. The maximum atomic E-state index is 12.0. The zero-order chi connectivity index (χ0) is 21.2. The molecule has 1 atom stereocenters. The van der Waals surface area contributed by atoms with Crippen molar-refractivity contribution in [1.82, 2.24) is 10.9 Å². The molecule has 2 aromatic carbocycles. The van der Waals surface area contributed by atoms with E-state index >= 15 is 0 Å². The summed E-state index contributed by atoms with van der Waals surface area (Å²) in [5.74, 6) is -1.22. The zero-order valence-corrected chi connectivity index (χ0v) is 15.6. The topological polar surface area (TPSA) is 140 Å². The smallest absolute Gasteiger partial charge is 0.279 e. The third-order valence-electron chi connectivity index (χ3n) is 3.69. The van der Waals surface area contributed by atoms with Gasteiger partial charge in [0.1, 0.15) is 5.75 Å². The fourth-order valence-corrected chi connectivity index (χ4v) is 2.17. The molecule has 0 saturated heterocycles. The molecule has 3 amide bonds. The van der Waals surface area contributed by atoms with Crippen molar-refractivity contribution in [3.63, 3.8) is 0 Å². The number of benzene rings is 2. The summed E-state index contributed by atoms with van der Waals surface area (Å²) >= 11 is 0. The third-order valence-corrected chi connectivity index (χ3v) is 3.69. The molecule has 0 aromatic heterocycles. The van der Waals surface area contributed by atoms with Gasteiger partial charge in [0.2, 0.25) is 11.8 Å². The van der Waals surface area contributed by atoms with Gasteiger partial charge in [-0.05, 0) is 31.2 Å². The van der Waals surface area contributed by atoms with Crippen LogP contribution in [0.5, 0.6) is 5.75 Å². The van der Waals surface area contributed by atoms with E-state index in [1.54, 1.807) is 24.3 Å². The van der Waals surface area contributed by atoms with Crippen LogP contribution < -0.4 is 20.9 Å². The predicted molar refractivity (Wildman–Crippen MR) is 104 cm³/mol. The number of non-ortho nitro benzene ring substituents is 1. The van der Waals surface area contributed by atoms with Crippen molar-refractivity contribution in [3.05, 3.63) is 64.7 Å². The molecule has 0 bridgehead atoms. The molecule has 0 aliphatic carbocycles. The normalized spacial score (nSPS) is 11.1. The Hall–Kier alpha value is -3.95. The Kier molecular flexibility index (Phi) is 7.66. The lowest BCUT2D eigenvalue weighted by Crippen LogP contribution is -2.47. The van der Waals surface area contributed by atoms with Crippen molar-refractivity contribution in [2.45, 2.75) is 25.9 Å². The SMILES string of the molecule is CC(Oc1ccc([N+](=O)[O-])cc1)C(=O)NNC(=O)CCC(=O)Nc1ccccc1. The van der Waals surface area contributed by atoms with Crippen LogP contribution in [-0.4, -0.2) is 28.7 Å². The maximum Gasteiger partial charge on any atom is 0.279 e. The van der Waals surface area contributed by atoms with Crippen LogP contribution in [0.3, 0.4) is 0 Å². The number of nitro groups is 1. The molecule has 10 nitrogen and oxygen atoms in total. The summed E-state index contributed by atoms with van der Waals surface area (Å²) in [6, 6.07) is 14.1. The van der Waals surface area contributed by atoms with Gasteiger partial charge in [-0.2, -0.15) is 0 Å². The molecule has 0 spiro atoms. The van der Waals surface area contributed by atoms with Crippen LogP contribution in [-0.2, 0) is 14.4 Å². The van der Waals surface area contributed by atoms with E-state index in [1.807, 2.05) is 6.07 Å². The number of carbonyl (C=O) groups excluding carboxylic acids is 3. The number of nitro benzene ring substituents is 1. The summed E-state index contributed by atoms with van der Waals surface area (Å²) in [7, 11) is 0. The first-order valence-electron chi connectivity index (χ1n) is 8.70. The first-order valence-corrected chi connectivity index (χ1v) is 8.70. The fraction of sp³-hybridized carbons (Fsp3) is 0.211. The van der Waals surface area contributed by atoms with Crippen LogP contribution in [0.2, 0.25) is 0 Å². The lowest BCUT2D eigenvalue weighted by molar-refractivity contribution is -0.384. The summed E-state index contributed by atoms with van der Waals surface area (Å²) in [5, 5.41) is 13.3.